The van der Waals surface area contributed by atoms with Crippen LogP contribution in [0.1, 0.15) is 24.1 Å². The Kier molecular flexibility index (Phi) is 5.12. The Labute approximate surface area is 95.5 Å². The summed E-state index contributed by atoms with van der Waals surface area (Å²) in [6.07, 6.45) is 0. The number of hydrogen-bond acceptors (Lipinski definition) is 2. The predicted octanol–water partition coefficient (Wildman–Crippen LogP) is 3.15. The van der Waals surface area contributed by atoms with Crippen molar-refractivity contribution in [2.45, 2.75) is 19.9 Å². The molecule has 0 aliphatic heterocycles. The quantitative estimate of drug-likeness (QED) is 0.829. The van der Waals surface area contributed by atoms with Crippen molar-refractivity contribution in [3.8, 4) is 0 Å². The SMILES string of the molecule is CCSCC(NC)c1ccc(C)c(F)c1. The molecule has 84 valence electrons. The van der Waals surface area contributed by atoms with Gasteiger partial charge in [-0.05, 0) is 36.9 Å². The molecular weight excluding hydrogens is 209 g/mol. The summed E-state index contributed by atoms with van der Waals surface area (Å²) in [5.74, 6) is 1.96. The normalized spacial score (nSPS) is 12.8. The summed E-state index contributed by atoms with van der Waals surface area (Å²) in [6.45, 7) is 3.92. The molecule has 1 unspecified atom stereocenters. The minimum atomic E-state index is -0.116. The molecule has 0 radical (unpaired) electrons. The summed E-state index contributed by atoms with van der Waals surface area (Å²) in [5, 5.41) is 3.21. The molecule has 0 spiro atoms. The molecule has 0 fully saturated rings. The molecule has 0 bridgehead atoms. The van der Waals surface area contributed by atoms with E-state index in [1.165, 1.54) is 0 Å². The fraction of sp³-hybridized carbons (Fsp3) is 0.500. The molecule has 0 aliphatic carbocycles. The Morgan fingerprint density at radius 1 is 1.47 bits per heavy atom. The van der Waals surface area contributed by atoms with Crippen molar-refractivity contribution < 1.29 is 4.39 Å². The molecule has 1 atom stereocenters. The van der Waals surface area contributed by atoms with Gasteiger partial charge in [0.1, 0.15) is 5.82 Å². The molecule has 0 aliphatic rings. The molecule has 3 heteroatoms. The fourth-order valence-corrected chi connectivity index (χ4v) is 2.24. The van der Waals surface area contributed by atoms with Crippen molar-refractivity contribution in [3.63, 3.8) is 0 Å². The zero-order valence-electron chi connectivity index (χ0n) is 9.51. The number of benzene rings is 1. The van der Waals surface area contributed by atoms with Gasteiger partial charge in [-0.1, -0.05) is 19.1 Å². The number of aryl methyl sites for hydroxylation is 1. The van der Waals surface area contributed by atoms with Gasteiger partial charge in [-0.25, -0.2) is 4.39 Å². The second kappa shape index (κ2) is 6.13. The Bertz CT molecular complexity index is 314. The molecular formula is C12H18FNS. The molecule has 1 rings (SSSR count). The van der Waals surface area contributed by atoms with Crippen LogP contribution in [0.5, 0.6) is 0 Å². The molecule has 1 N–H and O–H groups in total. The average Bonchev–Trinajstić information content (AvgIpc) is 2.24. The van der Waals surface area contributed by atoms with E-state index in [0.717, 1.165) is 17.1 Å². The maximum atomic E-state index is 13.4. The van der Waals surface area contributed by atoms with E-state index in [9.17, 15) is 4.39 Å². The van der Waals surface area contributed by atoms with Crippen LogP contribution in [0.15, 0.2) is 18.2 Å². The minimum Gasteiger partial charge on any atom is -0.312 e. The maximum absolute atomic E-state index is 13.4. The van der Waals surface area contributed by atoms with Gasteiger partial charge in [-0.15, -0.1) is 0 Å². The van der Waals surface area contributed by atoms with Crippen molar-refractivity contribution in [3.05, 3.63) is 35.1 Å². The van der Waals surface area contributed by atoms with Gasteiger partial charge in [-0.3, -0.25) is 0 Å². The summed E-state index contributed by atoms with van der Waals surface area (Å²) in [4.78, 5) is 0. The summed E-state index contributed by atoms with van der Waals surface area (Å²) >= 11 is 1.86. The van der Waals surface area contributed by atoms with E-state index in [4.69, 9.17) is 0 Å². The van der Waals surface area contributed by atoms with Gasteiger partial charge in [0.2, 0.25) is 0 Å². The van der Waals surface area contributed by atoms with E-state index in [-0.39, 0.29) is 11.9 Å². The van der Waals surface area contributed by atoms with Crippen LogP contribution in [-0.2, 0) is 0 Å². The first-order valence-corrected chi connectivity index (χ1v) is 6.35. The van der Waals surface area contributed by atoms with Gasteiger partial charge in [-0.2, -0.15) is 11.8 Å². The van der Waals surface area contributed by atoms with Crippen molar-refractivity contribution >= 4 is 11.8 Å². The van der Waals surface area contributed by atoms with Gasteiger partial charge in [0.05, 0.1) is 0 Å². The summed E-state index contributed by atoms with van der Waals surface area (Å²) in [6, 6.07) is 5.71. The lowest BCUT2D eigenvalue weighted by Gasteiger charge is -2.16. The lowest BCUT2D eigenvalue weighted by Crippen LogP contribution is -2.19. The molecule has 0 amide bonds. The van der Waals surface area contributed by atoms with Gasteiger partial charge in [0.25, 0.3) is 0 Å². The maximum Gasteiger partial charge on any atom is 0.126 e. The van der Waals surface area contributed by atoms with Crippen molar-refractivity contribution in [1.82, 2.24) is 5.32 Å². The lowest BCUT2D eigenvalue weighted by atomic mass is 10.1. The zero-order valence-corrected chi connectivity index (χ0v) is 10.3. The molecule has 0 aromatic heterocycles. The summed E-state index contributed by atoms with van der Waals surface area (Å²) in [7, 11) is 1.92. The zero-order chi connectivity index (χ0) is 11.3. The van der Waals surface area contributed by atoms with Crippen LogP contribution >= 0.6 is 11.8 Å². The van der Waals surface area contributed by atoms with Crippen molar-refractivity contribution in [2.24, 2.45) is 0 Å². The van der Waals surface area contributed by atoms with Gasteiger partial charge < -0.3 is 5.32 Å². The van der Waals surface area contributed by atoms with Crippen LogP contribution in [-0.4, -0.2) is 18.6 Å². The van der Waals surface area contributed by atoms with Gasteiger partial charge >= 0.3 is 0 Å². The number of hydrogen-bond donors (Lipinski definition) is 1. The average molecular weight is 227 g/mol. The van der Waals surface area contributed by atoms with E-state index in [1.807, 2.05) is 30.9 Å². The fourth-order valence-electron chi connectivity index (χ4n) is 1.41. The highest BCUT2D eigenvalue weighted by atomic mass is 32.2. The van der Waals surface area contributed by atoms with Gasteiger partial charge in [0.15, 0.2) is 0 Å². The van der Waals surface area contributed by atoms with Crippen molar-refractivity contribution in [1.29, 1.82) is 0 Å². The summed E-state index contributed by atoms with van der Waals surface area (Å²) < 4.78 is 13.4. The standard InChI is InChI=1S/C12H18FNS/c1-4-15-8-12(14-3)10-6-5-9(2)11(13)7-10/h5-7,12,14H,4,8H2,1-3H3. The van der Waals surface area contributed by atoms with Crippen LogP contribution in [0.25, 0.3) is 0 Å². The van der Waals surface area contributed by atoms with Crippen LogP contribution in [0, 0.1) is 12.7 Å². The number of rotatable bonds is 5. The van der Waals surface area contributed by atoms with E-state index < -0.39 is 0 Å². The Hall–Kier alpha value is -0.540. The van der Waals surface area contributed by atoms with Crippen LogP contribution < -0.4 is 5.32 Å². The first-order chi connectivity index (χ1) is 7.19. The predicted molar refractivity (Wildman–Crippen MR) is 65.9 cm³/mol. The topological polar surface area (TPSA) is 12.0 Å². The monoisotopic (exact) mass is 227 g/mol. The third kappa shape index (κ3) is 3.50. The smallest absolute Gasteiger partial charge is 0.126 e. The largest absolute Gasteiger partial charge is 0.312 e. The third-order valence-electron chi connectivity index (χ3n) is 2.44. The molecule has 1 aromatic carbocycles. The molecule has 15 heavy (non-hydrogen) atoms. The highest BCUT2D eigenvalue weighted by molar-refractivity contribution is 7.99. The number of thioether (sulfide) groups is 1. The first kappa shape index (κ1) is 12.5. The van der Waals surface area contributed by atoms with E-state index in [0.29, 0.717) is 5.56 Å². The van der Waals surface area contributed by atoms with E-state index in [2.05, 4.69) is 12.2 Å². The second-order valence-electron chi connectivity index (χ2n) is 3.51. The number of nitrogens with one attached hydrogen (secondary N) is 1. The van der Waals surface area contributed by atoms with Crippen LogP contribution in [0.3, 0.4) is 0 Å². The highest BCUT2D eigenvalue weighted by Gasteiger charge is 2.10. The molecule has 1 nitrogen and oxygen atoms in total. The Morgan fingerprint density at radius 3 is 2.73 bits per heavy atom. The lowest BCUT2D eigenvalue weighted by molar-refractivity contribution is 0.603. The van der Waals surface area contributed by atoms with Gasteiger partial charge in [0, 0.05) is 11.8 Å². The Morgan fingerprint density at radius 2 is 2.20 bits per heavy atom. The highest BCUT2D eigenvalue weighted by Crippen LogP contribution is 2.20. The van der Waals surface area contributed by atoms with E-state index >= 15 is 0 Å². The molecule has 1 aromatic rings. The molecule has 0 saturated carbocycles. The minimum absolute atomic E-state index is 0.116. The third-order valence-corrected chi connectivity index (χ3v) is 3.41. The van der Waals surface area contributed by atoms with Crippen molar-refractivity contribution in [2.75, 3.05) is 18.6 Å². The van der Waals surface area contributed by atoms with E-state index in [1.54, 1.807) is 13.0 Å². The second-order valence-corrected chi connectivity index (χ2v) is 4.83. The summed E-state index contributed by atoms with van der Waals surface area (Å²) in [5.41, 5.74) is 1.73. The van der Waals surface area contributed by atoms with Crippen LogP contribution in [0.2, 0.25) is 0 Å². The molecule has 0 saturated heterocycles. The number of halogens is 1. The Balaban J connectivity index is 2.78. The van der Waals surface area contributed by atoms with Crippen LogP contribution in [0.4, 0.5) is 4.39 Å². The first-order valence-electron chi connectivity index (χ1n) is 5.20. The molecule has 0 heterocycles.